The van der Waals surface area contributed by atoms with E-state index in [0.717, 1.165) is 40.1 Å². The minimum absolute atomic E-state index is 0.593. The number of rotatable bonds is 5. The first kappa shape index (κ1) is 18.0. The van der Waals surface area contributed by atoms with Gasteiger partial charge in [0.1, 0.15) is 12.1 Å². The third-order valence-corrected chi connectivity index (χ3v) is 4.74. The largest absolute Gasteiger partial charge is 0.496 e. The molecule has 6 heteroatoms. The molecule has 0 fully saturated rings. The Hall–Kier alpha value is -3.41. The van der Waals surface area contributed by atoms with Crippen molar-refractivity contribution in [2.75, 3.05) is 7.11 Å². The van der Waals surface area contributed by atoms with Crippen LogP contribution in [0.4, 0.5) is 0 Å². The molecule has 0 saturated heterocycles. The van der Waals surface area contributed by atoms with Crippen LogP contribution in [0.5, 0.6) is 5.75 Å². The van der Waals surface area contributed by atoms with Gasteiger partial charge in [0.25, 0.3) is 5.78 Å². The summed E-state index contributed by atoms with van der Waals surface area (Å²) in [5, 5.41) is 5.44. The minimum atomic E-state index is 0.593. The molecule has 142 valence electrons. The van der Waals surface area contributed by atoms with Gasteiger partial charge in [0.2, 0.25) is 0 Å². The van der Waals surface area contributed by atoms with E-state index in [2.05, 4.69) is 51.0 Å². The Kier molecular flexibility index (Phi) is 4.69. The standard InChI is InChI=1S/C22H23N5O/c1-5-6-8-15(2)12-26-13-17(21-18(26)9-7-10-20(21)28-4)19-11-16(3)25-22-23-14-24-27(19)22/h5-11,13-14H,12H2,1-4H3/b6-5-,15-8+. The summed E-state index contributed by atoms with van der Waals surface area (Å²) >= 11 is 0. The van der Waals surface area contributed by atoms with E-state index in [1.165, 1.54) is 11.9 Å². The Labute approximate surface area is 163 Å². The van der Waals surface area contributed by atoms with Crippen molar-refractivity contribution in [2.24, 2.45) is 0 Å². The van der Waals surface area contributed by atoms with Crippen LogP contribution in [0.3, 0.4) is 0 Å². The molecular formula is C22H23N5O. The van der Waals surface area contributed by atoms with Gasteiger partial charge in [-0.25, -0.2) is 4.98 Å². The number of aryl methyl sites for hydroxylation is 1. The molecule has 0 spiro atoms. The van der Waals surface area contributed by atoms with Crippen LogP contribution in [0.1, 0.15) is 19.5 Å². The van der Waals surface area contributed by atoms with E-state index in [-0.39, 0.29) is 0 Å². The Morgan fingerprint density at radius 1 is 1.29 bits per heavy atom. The predicted octanol–water partition coefficient (Wildman–Crippen LogP) is 4.59. The molecule has 0 bridgehead atoms. The summed E-state index contributed by atoms with van der Waals surface area (Å²) in [4.78, 5) is 8.73. The first-order chi connectivity index (χ1) is 13.6. The summed E-state index contributed by atoms with van der Waals surface area (Å²) in [6.07, 6.45) is 9.93. The third-order valence-electron chi connectivity index (χ3n) is 4.74. The first-order valence-corrected chi connectivity index (χ1v) is 9.24. The number of benzene rings is 1. The zero-order valence-corrected chi connectivity index (χ0v) is 16.5. The molecule has 0 saturated carbocycles. The molecule has 4 aromatic rings. The molecule has 0 aliphatic rings. The Morgan fingerprint density at radius 3 is 2.93 bits per heavy atom. The topological polar surface area (TPSA) is 57.2 Å². The minimum Gasteiger partial charge on any atom is -0.496 e. The molecule has 3 heterocycles. The van der Waals surface area contributed by atoms with E-state index < -0.39 is 0 Å². The second-order valence-corrected chi connectivity index (χ2v) is 6.82. The van der Waals surface area contributed by atoms with Gasteiger partial charge in [-0.3, -0.25) is 0 Å². The van der Waals surface area contributed by atoms with Crippen molar-refractivity contribution in [1.29, 1.82) is 0 Å². The zero-order chi connectivity index (χ0) is 19.7. The summed E-state index contributed by atoms with van der Waals surface area (Å²) in [5.41, 5.74) is 5.28. The van der Waals surface area contributed by atoms with Crippen molar-refractivity contribution in [1.82, 2.24) is 24.1 Å². The lowest BCUT2D eigenvalue weighted by Gasteiger charge is -2.07. The molecule has 0 aliphatic heterocycles. The summed E-state index contributed by atoms with van der Waals surface area (Å²) in [5.74, 6) is 1.43. The number of hydrogen-bond acceptors (Lipinski definition) is 4. The fraction of sp³-hybridized carbons (Fsp3) is 0.227. The van der Waals surface area contributed by atoms with Crippen LogP contribution < -0.4 is 4.74 Å². The maximum atomic E-state index is 5.70. The highest BCUT2D eigenvalue weighted by molar-refractivity contribution is 6.00. The van der Waals surface area contributed by atoms with Crippen LogP contribution in [-0.2, 0) is 6.54 Å². The molecule has 0 N–H and O–H groups in total. The number of allylic oxidation sites excluding steroid dienone is 4. The smallest absolute Gasteiger partial charge is 0.252 e. The highest BCUT2D eigenvalue weighted by atomic mass is 16.5. The number of ether oxygens (including phenoxy) is 1. The zero-order valence-electron chi connectivity index (χ0n) is 16.5. The summed E-state index contributed by atoms with van der Waals surface area (Å²) in [7, 11) is 1.70. The monoisotopic (exact) mass is 373 g/mol. The highest BCUT2D eigenvalue weighted by Gasteiger charge is 2.18. The molecular weight excluding hydrogens is 350 g/mol. The second-order valence-electron chi connectivity index (χ2n) is 6.82. The Bertz CT molecular complexity index is 1210. The highest BCUT2D eigenvalue weighted by Crippen LogP contribution is 2.37. The fourth-order valence-corrected chi connectivity index (χ4v) is 3.52. The van der Waals surface area contributed by atoms with E-state index in [1.807, 2.05) is 38.1 Å². The van der Waals surface area contributed by atoms with Crippen LogP contribution >= 0.6 is 0 Å². The molecule has 0 atom stereocenters. The van der Waals surface area contributed by atoms with Gasteiger partial charge in [0.15, 0.2) is 0 Å². The van der Waals surface area contributed by atoms with Gasteiger partial charge in [-0.1, -0.05) is 29.9 Å². The van der Waals surface area contributed by atoms with E-state index in [0.29, 0.717) is 5.78 Å². The van der Waals surface area contributed by atoms with Crippen LogP contribution in [0, 0.1) is 6.92 Å². The lowest BCUT2D eigenvalue weighted by Crippen LogP contribution is -1.99. The predicted molar refractivity (Wildman–Crippen MR) is 112 cm³/mol. The third kappa shape index (κ3) is 3.07. The molecule has 4 rings (SSSR count). The molecule has 0 unspecified atom stereocenters. The van der Waals surface area contributed by atoms with Crippen molar-refractivity contribution in [3.05, 3.63) is 66.3 Å². The lowest BCUT2D eigenvalue weighted by atomic mass is 10.1. The van der Waals surface area contributed by atoms with Gasteiger partial charge in [-0.15, -0.1) is 0 Å². The SMILES string of the molecule is C/C=C\C=C(/C)Cn1cc(-c2cc(C)nc3ncnn23)c2c(OC)cccc21. The van der Waals surface area contributed by atoms with Crippen molar-refractivity contribution in [3.8, 4) is 17.0 Å². The van der Waals surface area contributed by atoms with E-state index in [1.54, 1.807) is 11.6 Å². The number of aromatic nitrogens is 5. The number of nitrogens with zero attached hydrogens (tertiary/aromatic N) is 5. The maximum absolute atomic E-state index is 5.70. The van der Waals surface area contributed by atoms with Gasteiger partial charge >= 0.3 is 0 Å². The van der Waals surface area contributed by atoms with Gasteiger partial charge in [0, 0.05) is 24.0 Å². The average Bonchev–Trinajstić information content (AvgIpc) is 3.30. The van der Waals surface area contributed by atoms with Crippen LogP contribution in [-0.4, -0.2) is 31.3 Å². The van der Waals surface area contributed by atoms with Crippen LogP contribution in [0.2, 0.25) is 0 Å². The Balaban J connectivity index is 1.99. The molecule has 28 heavy (non-hydrogen) atoms. The first-order valence-electron chi connectivity index (χ1n) is 9.24. The van der Waals surface area contributed by atoms with Gasteiger partial charge in [-0.05, 0) is 39.0 Å². The molecule has 3 aromatic heterocycles. The van der Waals surface area contributed by atoms with Crippen molar-refractivity contribution < 1.29 is 4.74 Å². The second kappa shape index (κ2) is 7.31. The van der Waals surface area contributed by atoms with E-state index in [9.17, 15) is 0 Å². The quantitative estimate of drug-likeness (QED) is 0.480. The van der Waals surface area contributed by atoms with Crippen LogP contribution in [0.25, 0.3) is 27.9 Å². The van der Waals surface area contributed by atoms with Crippen molar-refractivity contribution >= 4 is 16.7 Å². The van der Waals surface area contributed by atoms with E-state index >= 15 is 0 Å². The fourth-order valence-electron chi connectivity index (χ4n) is 3.52. The van der Waals surface area contributed by atoms with Crippen molar-refractivity contribution in [3.63, 3.8) is 0 Å². The summed E-state index contributed by atoms with van der Waals surface area (Å²) < 4.78 is 9.73. The maximum Gasteiger partial charge on any atom is 0.252 e. The molecule has 0 amide bonds. The average molecular weight is 373 g/mol. The number of fused-ring (bicyclic) bond motifs is 2. The molecule has 0 aliphatic carbocycles. The van der Waals surface area contributed by atoms with Gasteiger partial charge in [0.05, 0.1) is 23.7 Å². The van der Waals surface area contributed by atoms with Crippen molar-refractivity contribution in [2.45, 2.75) is 27.3 Å². The van der Waals surface area contributed by atoms with Gasteiger partial charge in [-0.2, -0.15) is 14.6 Å². The number of methoxy groups -OCH3 is 1. The molecule has 6 nitrogen and oxygen atoms in total. The molecule has 0 radical (unpaired) electrons. The Morgan fingerprint density at radius 2 is 2.14 bits per heavy atom. The summed E-state index contributed by atoms with van der Waals surface area (Å²) in [6.45, 7) is 6.92. The number of hydrogen-bond donors (Lipinski definition) is 0. The van der Waals surface area contributed by atoms with E-state index in [4.69, 9.17) is 4.74 Å². The van der Waals surface area contributed by atoms with Gasteiger partial charge < -0.3 is 9.30 Å². The van der Waals surface area contributed by atoms with Crippen LogP contribution in [0.15, 0.2) is 60.6 Å². The molecule has 1 aromatic carbocycles. The lowest BCUT2D eigenvalue weighted by molar-refractivity contribution is 0.420. The summed E-state index contributed by atoms with van der Waals surface area (Å²) in [6, 6.07) is 8.17. The normalized spacial score (nSPS) is 12.5.